The molecule has 0 aliphatic heterocycles. The Morgan fingerprint density at radius 3 is 2.00 bits per heavy atom. The van der Waals surface area contributed by atoms with Crippen molar-refractivity contribution in [3.8, 4) is 11.5 Å². The summed E-state index contributed by atoms with van der Waals surface area (Å²) in [7, 11) is 0. The van der Waals surface area contributed by atoms with Crippen LogP contribution >= 0.6 is 11.6 Å². The van der Waals surface area contributed by atoms with Crippen LogP contribution in [0.5, 0.6) is 11.5 Å². The summed E-state index contributed by atoms with van der Waals surface area (Å²) in [4.78, 5) is 0. The molecule has 0 saturated heterocycles. The molecule has 102 valence electrons. The minimum atomic E-state index is 0.621. The van der Waals surface area contributed by atoms with Gasteiger partial charge in [0, 0.05) is 16.7 Å². The molecule has 3 heteroatoms. The van der Waals surface area contributed by atoms with Gasteiger partial charge in [-0.1, -0.05) is 31.2 Å². The molecule has 0 aliphatic rings. The third-order valence-corrected chi connectivity index (χ3v) is 3.11. The fraction of sp³-hybridized carbons (Fsp3) is 0.375. The van der Waals surface area contributed by atoms with Crippen molar-refractivity contribution in [2.45, 2.75) is 19.8 Å². The van der Waals surface area contributed by atoms with Crippen molar-refractivity contribution in [1.82, 2.24) is 0 Å². The predicted molar refractivity (Wildman–Crippen MR) is 80.6 cm³/mol. The molecule has 2 rings (SSSR count). The highest BCUT2D eigenvalue weighted by molar-refractivity contribution is 6.17. The second kappa shape index (κ2) is 7.25. The van der Waals surface area contributed by atoms with E-state index >= 15 is 0 Å². The summed E-state index contributed by atoms with van der Waals surface area (Å²) in [5, 5.41) is 2.19. The normalized spacial score (nSPS) is 10.6. The van der Waals surface area contributed by atoms with Crippen molar-refractivity contribution >= 4 is 22.4 Å². The largest absolute Gasteiger partial charge is 0.493 e. The van der Waals surface area contributed by atoms with E-state index in [1.807, 2.05) is 24.3 Å². The standard InChI is InChI=1S/C16H19ClO2/c1-2-11-18-15-8-9-16(19-12-5-10-17)14-7-4-3-6-13(14)15/h3-4,6-9H,2,5,10-12H2,1H3. The fourth-order valence-electron chi connectivity index (χ4n) is 1.94. The van der Waals surface area contributed by atoms with Crippen LogP contribution in [0.2, 0.25) is 0 Å². The van der Waals surface area contributed by atoms with Gasteiger partial charge in [0.15, 0.2) is 0 Å². The van der Waals surface area contributed by atoms with Crippen molar-refractivity contribution in [3.05, 3.63) is 36.4 Å². The maximum atomic E-state index is 5.78. The molecule has 0 aliphatic carbocycles. The van der Waals surface area contributed by atoms with Crippen molar-refractivity contribution in [1.29, 1.82) is 0 Å². The Morgan fingerprint density at radius 1 is 0.895 bits per heavy atom. The van der Waals surface area contributed by atoms with E-state index in [9.17, 15) is 0 Å². The van der Waals surface area contributed by atoms with Crippen LogP contribution in [0, 0.1) is 0 Å². The lowest BCUT2D eigenvalue weighted by atomic mass is 10.1. The summed E-state index contributed by atoms with van der Waals surface area (Å²) in [5.41, 5.74) is 0. The summed E-state index contributed by atoms with van der Waals surface area (Å²) < 4.78 is 11.6. The third kappa shape index (κ3) is 3.54. The minimum Gasteiger partial charge on any atom is -0.493 e. The maximum Gasteiger partial charge on any atom is 0.127 e. The topological polar surface area (TPSA) is 18.5 Å². The van der Waals surface area contributed by atoms with Crippen LogP contribution in [0.4, 0.5) is 0 Å². The second-order valence-corrected chi connectivity index (χ2v) is 4.72. The number of rotatable bonds is 7. The lowest BCUT2D eigenvalue weighted by molar-refractivity contribution is 0.314. The molecule has 0 fully saturated rings. The van der Waals surface area contributed by atoms with Gasteiger partial charge in [-0.05, 0) is 25.0 Å². The Balaban J connectivity index is 2.29. The lowest BCUT2D eigenvalue weighted by Crippen LogP contribution is -2.00. The van der Waals surface area contributed by atoms with Crippen LogP contribution in [0.15, 0.2) is 36.4 Å². The Labute approximate surface area is 119 Å². The van der Waals surface area contributed by atoms with E-state index in [2.05, 4.69) is 19.1 Å². The first-order valence-electron chi connectivity index (χ1n) is 6.70. The molecule has 2 aromatic rings. The second-order valence-electron chi connectivity index (χ2n) is 4.35. The van der Waals surface area contributed by atoms with Crippen LogP contribution < -0.4 is 9.47 Å². The van der Waals surface area contributed by atoms with Gasteiger partial charge in [0.1, 0.15) is 11.5 Å². The zero-order chi connectivity index (χ0) is 13.5. The molecule has 0 atom stereocenters. The van der Waals surface area contributed by atoms with Gasteiger partial charge < -0.3 is 9.47 Å². The van der Waals surface area contributed by atoms with E-state index in [0.717, 1.165) is 41.7 Å². The van der Waals surface area contributed by atoms with Crippen LogP contribution in [0.25, 0.3) is 10.8 Å². The van der Waals surface area contributed by atoms with Gasteiger partial charge in [-0.3, -0.25) is 0 Å². The molecule has 0 N–H and O–H groups in total. The average molecular weight is 279 g/mol. The molecule has 0 spiro atoms. The molecule has 0 aromatic heterocycles. The number of fused-ring (bicyclic) bond motifs is 1. The fourth-order valence-corrected chi connectivity index (χ4v) is 2.05. The molecular formula is C16H19ClO2. The number of alkyl halides is 1. The number of halogens is 1. The predicted octanol–water partition coefficient (Wildman–Crippen LogP) is 4.64. The van der Waals surface area contributed by atoms with Gasteiger partial charge in [-0.15, -0.1) is 11.6 Å². The number of ether oxygens (including phenoxy) is 2. The third-order valence-electron chi connectivity index (χ3n) is 2.84. The Bertz CT molecular complexity index is 525. The Kier molecular flexibility index (Phi) is 5.34. The zero-order valence-electron chi connectivity index (χ0n) is 11.2. The molecule has 0 bridgehead atoms. The first-order valence-corrected chi connectivity index (χ1v) is 7.23. The van der Waals surface area contributed by atoms with Crippen LogP contribution in [-0.2, 0) is 0 Å². The summed E-state index contributed by atoms with van der Waals surface area (Å²) in [6, 6.07) is 12.1. The van der Waals surface area contributed by atoms with E-state index in [1.165, 1.54) is 0 Å². The summed E-state index contributed by atoms with van der Waals surface area (Å²) in [6.07, 6.45) is 1.85. The Morgan fingerprint density at radius 2 is 1.47 bits per heavy atom. The van der Waals surface area contributed by atoms with Crippen molar-refractivity contribution < 1.29 is 9.47 Å². The van der Waals surface area contributed by atoms with E-state index < -0.39 is 0 Å². The molecule has 2 nitrogen and oxygen atoms in total. The first-order chi connectivity index (χ1) is 9.36. The van der Waals surface area contributed by atoms with Crippen molar-refractivity contribution in [3.63, 3.8) is 0 Å². The van der Waals surface area contributed by atoms with Crippen molar-refractivity contribution in [2.24, 2.45) is 0 Å². The van der Waals surface area contributed by atoms with Crippen LogP contribution in [0.3, 0.4) is 0 Å². The molecule has 19 heavy (non-hydrogen) atoms. The van der Waals surface area contributed by atoms with Crippen molar-refractivity contribution in [2.75, 3.05) is 19.1 Å². The maximum absolute atomic E-state index is 5.78. The molecule has 0 heterocycles. The monoisotopic (exact) mass is 278 g/mol. The number of hydrogen-bond donors (Lipinski definition) is 0. The summed E-state index contributed by atoms with van der Waals surface area (Å²) >= 11 is 5.67. The van der Waals surface area contributed by atoms with Gasteiger partial charge in [0.05, 0.1) is 13.2 Å². The van der Waals surface area contributed by atoms with Gasteiger partial charge in [-0.25, -0.2) is 0 Å². The smallest absolute Gasteiger partial charge is 0.127 e. The van der Waals surface area contributed by atoms with Gasteiger partial charge >= 0.3 is 0 Å². The van der Waals surface area contributed by atoms with E-state index in [0.29, 0.717) is 12.5 Å². The average Bonchev–Trinajstić information content (AvgIpc) is 2.46. The molecule has 0 saturated carbocycles. The van der Waals surface area contributed by atoms with Crippen LogP contribution in [-0.4, -0.2) is 19.1 Å². The van der Waals surface area contributed by atoms with Gasteiger partial charge in [-0.2, -0.15) is 0 Å². The van der Waals surface area contributed by atoms with Crippen LogP contribution in [0.1, 0.15) is 19.8 Å². The van der Waals surface area contributed by atoms with E-state index in [1.54, 1.807) is 0 Å². The van der Waals surface area contributed by atoms with Gasteiger partial charge in [0.25, 0.3) is 0 Å². The highest BCUT2D eigenvalue weighted by Gasteiger charge is 2.07. The number of benzene rings is 2. The molecule has 0 radical (unpaired) electrons. The molecule has 2 aromatic carbocycles. The van der Waals surface area contributed by atoms with E-state index in [4.69, 9.17) is 21.1 Å². The quantitative estimate of drug-likeness (QED) is 0.543. The van der Waals surface area contributed by atoms with Gasteiger partial charge in [0.2, 0.25) is 0 Å². The highest BCUT2D eigenvalue weighted by Crippen LogP contribution is 2.33. The highest BCUT2D eigenvalue weighted by atomic mass is 35.5. The Hall–Kier alpha value is -1.41. The first kappa shape index (κ1) is 14.0. The summed E-state index contributed by atoms with van der Waals surface area (Å²) in [6.45, 7) is 3.48. The molecule has 0 unspecified atom stereocenters. The molecular weight excluding hydrogens is 260 g/mol. The molecule has 0 amide bonds. The lowest BCUT2D eigenvalue weighted by Gasteiger charge is -2.12. The number of hydrogen-bond acceptors (Lipinski definition) is 2. The zero-order valence-corrected chi connectivity index (χ0v) is 12.0. The summed E-state index contributed by atoms with van der Waals surface area (Å²) in [5.74, 6) is 2.43. The van der Waals surface area contributed by atoms with E-state index in [-0.39, 0.29) is 0 Å². The SMILES string of the molecule is CCCOc1ccc(OCCCCl)c2ccccc12. The minimum absolute atomic E-state index is 0.621.